The molecule has 0 aliphatic rings. The lowest BCUT2D eigenvalue weighted by molar-refractivity contribution is 0.102. The minimum absolute atomic E-state index is 0.206. The average molecular weight is 433 g/mol. The third-order valence-electron chi connectivity index (χ3n) is 4.94. The van der Waals surface area contributed by atoms with Crippen LogP contribution in [0, 0.1) is 0 Å². The van der Waals surface area contributed by atoms with Crippen molar-refractivity contribution in [2.45, 2.75) is 0 Å². The summed E-state index contributed by atoms with van der Waals surface area (Å²) in [5, 5.41) is 7.18. The second kappa shape index (κ2) is 9.15. The summed E-state index contributed by atoms with van der Waals surface area (Å²) in [5.74, 6) is 1.16. The highest BCUT2D eigenvalue weighted by atomic mass is 16.5. The van der Waals surface area contributed by atoms with E-state index in [0.29, 0.717) is 22.7 Å². The Labute approximate surface area is 190 Å². The SMILES string of the molecule is O=C(Nc1ccc(Oc2ccncc2)cc1)c1cccc(Nc2ccnc3ccncc23)c1. The maximum Gasteiger partial charge on any atom is 0.255 e. The van der Waals surface area contributed by atoms with Crippen molar-refractivity contribution in [3.63, 3.8) is 0 Å². The van der Waals surface area contributed by atoms with Crippen molar-refractivity contribution in [3.05, 3.63) is 109 Å². The smallest absolute Gasteiger partial charge is 0.255 e. The number of anilines is 3. The summed E-state index contributed by atoms with van der Waals surface area (Å²) in [5.41, 5.74) is 3.72. The summed E-state index contributed by atoms with van der Waals surface area (Å²) >= 11 is 0. The van der Waals surface area contributed by atoms with Crippen molar-refractivity contribution in [2.24, 2.45) is 0 Å². The van der Waals surface area contributed by atoms with E-state index in [0.717, 1.165) is 22.3 Å². The number of amides is 1. The molecular formula is C26H19N5O2. The number of ether oxygens (including phenoxy) is 1. The van der Waals surface area contributed by atoms with E-state index in [1.165, 1.54) is 0 Å². The monoisotopic (exact) mass is 433 g/mol. The van der Waals surface area contributed by atoms with Gasteiger partial charge in [0.05, 0.1) is 11.2 Å². The van der Waals surface area contributed by atoms with Gasteiger partial charge in [0.1, 0.15) is 11.5 Å². The molecule has 0 aliphatic heterocycles. The molecule has 3 aromatic heterocycles. The van der Waals surface area contributed by atoms with E-state index in [9.17, 15) is 4.79 Å². The van der Waals surface area contributed by atoms with Gasteiger partial charge in [-0.2, -0.15) is 0 Å². The molecule has 0 spiro atoms. The molecular weight excluding hydrogens is 414 g/mol. The summed E-state index contributed by atoms with van der Waals surface area (Å²) < 4.78 is 5.76. The van der Waals surface area contributed by atoms with Gasteiger partial charge in [0, 0.05) is 53.3 Å². The highest BCUT2D eigenvalue weighted by molar-refractivity contribution is 6.05. The van der Waals surface area contributed by atoms with Crippen molar-refractivity contribution in [1.29, 1.82) is 0 Å². The molecule has 7 nitrogen and oxygen atoms in total. The summed E-state index contributed by atoms with van der Waals surface area (Å²) in [7, 11) is 0. The number of hydrogen-bond donors (Lipinski definition) is 2. The molecule has 1 amide bonds. The summed E-state index contributed by atoms with van der Waals surface area (Å²) in [4.78, 5) is 25.3. The second-order valence-electron chi connectivity index (χ2n) is 7.22. The van der Waals surface area contributed by atoms with Crippen LogP contribution in [0.2, 0.25) is 0 Å². The molecule has 33 heavy (non-hydrogen) atoms. The fourth-order valence-electron chi connectivity index (χ4n) is 3.34. The van der Waals surface area contributed by atoms with E-state index in [1.807, 2.05) is 24.3 Å². The van der Waals surface area contributed by atoms with Gasteiger partial charge in [-0.15, -0.1) is 0 Å². The first kappa shape index (κ1) is 20.1. The molecule has 0 fully saturated rings. The number of benzene rings is 2. The second-order valence-corrected chi connectivity index (χ2v) is 7.22. The number of aromatic nitrogens is 3. The Morgan fingerprint density at radius 3 is 2.39 bits per heavy atom. The van der Waals surface area contributed by atoms with E-state index < -0.39 is 0 Å². The molecule has 5 aromatic rings. The predicted octanol–water partition coefficient (Wildman–Crippen LogP) is 5.81. The van der Waals surface area contributed by atoms with Crippen molar-refractivity contribution >= 4 is 33.9 Å². The van der Waals surface area contributed by atoms with Crippen LogP contribution in [0.25, 0.3) is 10.9 Å². The Kier molecular flexibility index (Phi) is 5.59. The van der Waals surface area contributed by atoms with Crippen LogP contribution >= 0.6 is 0 Å². The molecule has 0 atom stereocenters. The van der Waals surface area contributed by atoms with Crippen LogP contribution in [0.15, 0.2) is 104 Å². The Hall–Kier alpha value is -4.78. The van der Waals surface area contributed by atoms with Crippen LogP contribution in [0.3, 0.4) is 0 Å². The largest absolute Gasteiger partial charge is 0.457 e. The van der Waals surface area contributed by atoms with Gasteiger partial charge in [-0.3, -0.25) is 19.7 Å². The molecule has 0 saturated carbocycles. The molecule has 3 heterocycles. The molecule has 0 radical (unpaired) electrons. The maximum absolute atomic E-state index is 12.8. The van der Waals surface area contributed by atoms with Gasteiger partial charge in [-0.05, 0) is 66.7 Å². The number of nitrogens with one attached hydrogen (secondary N) is 2. The quantitative estimate of drug-likeness (QED) is 0.351. The Bertz CT molecular complexity index is 1400. The highest BCUT2D eigenvalue weighted by Crippen LogP contribution is 2.26. The van der Waals surface area contributed by atoms with Crippen LogP contribution in [0.4, 0.5) is 17.1 Å². The lowest BCUT2D eigenvalue weighted by atomic mass is 10.1. The van der Waals surface area contributed by atoms with Crippen molar-refractivity contribution < 1.29 is 9.53 Å². The number of carbonyl (C=O) groups is 1. The number of fused-ring (bicyclic) bond motifs is 1. The van der Waals surface area contributed by atoms with Crippen LogP contribution in [-0.4, -0.2) is 20.9 Å². The fraction of sp³-hybridized carbons (Fsp3) is 0. The van der Waals surface area contributed by atoms with E-state index in [-0.39, 0.29) is 5.91 Å². The Morgan fingerprint density at radius 1 is 0.758 bits per heavy atom. The van der Waals surface area contributed by atoms with E-state index in [2.05, 4.69) is 25.6 Å². The summed E-state index contributed by atoms with van der Waals surface area (Å²) in [6.45, 7) is 0. The van der Waals surface area contributed by atoms with Gasteiger partial charge in [-0.1, -0.05) is 6.07 Å². The number of nitrogens with zero attached hydrogens (tertiary/aromatic N) is 3. The van der Waals surface area contributed by atoms with E-state index in [1.54, 1.807) is 79.5 Å². The first-order valence-corrected chi connectivity index (χ1v) is 10.3. The van der Waals surface area contributed by atoms with Crippen molar-refractivity contribution in [2.75, 3.05) is 10.6 Å². The zero-order chi connectivity index (χ0) is 22.5. The van der Waals surface area contributed by atoms with Crippen LogP contribution in [0.1, 0.15) is 10.4 Å². The topological polar surface area (TPSA) is 89.0 Å². The highest BCUT2D eigenvalue weighted by Gasteiger charge is 2.09. The van der Waals surface area contributed by atoms with Crippen LogP contribution in [-0.2, 0) is 0 Å². The standard InChI is InChI=1S/C26H19N5O2/c32-26(31-19-4-6-21(7-5-19)33-22-8-12-27-13-9-22)18-2-1-3-20(16-18)30-25-11-15-29-24-10-14-28-17-23(24)25/h1-17H,(H,29,30)(H,31,32). The molecule has 2 N–H and O–H groups in total. The lowest BCUT2D eigenvalue weighted by Gasteiger charge is -2.11. The number of carbonyl (C=O) groups excluding carboxylic acids is 1. The molecule has 7 heteroatoms. The zero-order valence-electron chi connectivity index (χ0n) is 17.5. The first-order chi connectivity index (χ1) is 16.2. The summed E-state index contributed by atoms with van der Waals surface area (Å²) in [6, 6.07) is 21.8. The summed E-state index contributed by atoms with van der Waals surface area (Å²) in [6.07, 6.45) is 8.55. The van der Waals surface area contributed by atoms with Gasteiger partial charge in [0.25, 0.3) is 5.91 Å². The van der Waals surface area contributed by atoms with Gasteiger partial charge in [0.2, 0.25) is 0 Å². The first-order valence-electron chi connectivity index (χ1n) is 10.3. The van der Waals surface area contributed by atoms with Gasteiger partial charge in [-0.25, -0.2) is 0 Å². The third-order valence-corrected chi connectivity index (χ3v) is 4.94. The molecule has 0 aliphatic carbocycles. The zero-order valence-corrected chi connectivity index (χ0v) is 17.5. The minimum atomic E-state index is -0.206. The Morgan fingerprint density at radius 2 is 1.55 bits per heavy atom. The molecule has 0 unspecified atom stereocenters. The van der Waals surface area contributed by atoms with Crippen LogP contribution < -0.4 is 15.4 Å². The minimum Gasteiger partial charge on any atom is -0.457 e. The average Bonchev–Trinajstić information content (AvgIpc) is 2.86. The molecule has 2 aromatic carbocycles. The third kappa shape index (κ3) is 4.77. The van der Waals surface area contributed by atoms with Crippen molar-refractivity contribution in [1.82, 2.24) is 15.0 Å². The number of pyridine rings is 3. The number of hydrogen-bond acceptors (Lipinski definition) is 6. The molecule has 0 saturated heterocycles. The van der Waals surface area contributed by atoms with E-state index >= 15 is 0 Å². The predicted molar refractivity (Wildman–Crippen MR) is 128 cm³/mol. The van der Waals surface area contributed by atoms with Crippen LogP contribution in [0.5, 0.6) is 11.5 Å². The van der Waals surface area contributed by atoms with Gasteiger partial charge >= 0.3 is 0 Å². The maximum atomic E-state index is 12.8. The lowest BCUT2D eigenvalue weighted by Crippen LogP contribution is -2.12. The van der Waals surface area contributed by atoms with Crippen molar-refractivity contribution in [3.8, 4) is 11.5 Å². The molecule has 0 bridgehead atoms. The van der Waals surface area contributed by atoms with Gasteiger partial charge in [0.15, 0.2) is 0 Å². The van der Waals surface area contributed by atoms with Gasteiger partial charge < -0.3 is 15.4 Å². The Balaban J connectivity index is 1.28. The van der Waals surface area contributed by atoms with E-state index in [4.69, 9.17) is 4.74 Å². The molecule has 5 rings (SSSR count). The number of rotatable bonds is 6. The fourth-order valence-corrected chi connectivity index (χ4v) is 3.34. The normalized spacial score (nSPS) is 10.5. The molecule has 160 valence electrons.